The number of H-pyrrole nitrogens is 1. The molecule has 1 aromatic heterocycles. The first kappa shape index (κ1) is 31.1. The molecule has 0 fully saturated rings. The number of sulfonamides is 1. The molecule has 5 aromatic rings. The summed E-state index contributed by atoms with van der Waals surface area (Å²) in [6.07, 6.45) is 5.69. The number of ketones is 1. The third-order valence-electron chi connectivity index (χ3n) is 8.37. The minimum Gasteiger partial charge on any atom is -0.492 e. The molecule has 9 heteroatoms. The Kier molecular flexibility index (Phi) is 9.21. The number of anilines is 1. The predicted octanol–water partition coefficient (Wildman–Crippen LogP) is 6.42. The van der Waals surface area contributed by atoms with Crippen molar-refractivity contribution in [3.8, 4) is 5.75 Å². The van der Waals surface area contributed by atoms with E-state index in [4.69, 9.17) is 4.74 Å². The largest absolute Gasteiger partial charge is 0.492 e. The van der Waals surface area contributed by atoms with Gasteiger partial charge in [0.05, 0.1) is 31.6 Å². The number of hydrogen-bond acceptors (Lipinski definition) is 5. The minimum atomic E-state index is -3.65. The number of ether oxygens (including phenoxy) is 1. The molecule has 1 aliphatic carbocycles. The number of fused-ring (bicyclic) bond motifs is 3. The van der Waals surface area contributed by atoms with E-state index in [1.165, 1.54) is 38.7 Å². The fraction of sp³-hybridized carbons (Fsp3) is 0.243. The summed E-state index contributed by atoms with van der Waals surface area (Å²) in [4.78, 5) is 32.2. The number of amides is 1. The maximum atomic E-state index is 13.6. The van der Waals surface area contributed by atoms with Crippen molar-refractivity contribution >= 4 is 38.3 Å². The Labute approximate surface area is 269 Å². The molecule has 1 heterocycles. The molecule has 236 valence electrons. The van der Waals surface area contributed by atoms with E-state index in [1.807, 2.05) is 48.5 Å². The van der Waals surface area contributed by atoms with Crippen LogP contribution in [0.1, 0.15) is 50.4 Å². The topological polar surface area (TPSA) is 99.8 Å². The summed E-state index contributed by atoms with van der Waals surface area (Å²) in [6.45, 7) is 0.309. The van der Waals surface area contributed by atoms with E-state index in [9.17, 15) is 18.0 Å². The monoisotopic (exact) mass is 635 g/mol. The van der Waals surface area contributed by atoms with Gasteiger partial charge >= 0.3 is 0 Å². The molecular weight excluding hydrogens is 598 g/mol. The second kappa shape index (κ2) is 13.6. The third kappa shape index (κ3) is 7.15. The average Bonchev–Trinajstić information content (AvgIpc) is 3.44. The zero-order valence-electron chi connectivity index (χ0n) is 25.8. The Morgan fingerprint density at radius 1 is 0.826 bits per heavy atom. The van der Waals surface area contributed by atoms with Gasteiger partial charge in [-0.3, -0.25) is 13.9 Å². The predicted molar refractivity (Wildman–Crippen MR) is 181 cm³/mol. The Morgan fingerprint density at radius 2 is 1.54 bits per heavy atom. The zero-order valence-corrected chi connectivity index (χ0v) is 26.6. The average molecular weight is 636 g/mol. The van der Waals surface area contributed by atoms with Crippen molar-refractivity contribution in [3.63, 3.8) is 0 Å². The van der Waals surface area contributed by atoms with Gasteiger partial charge in [0.15, 0.2) is 5.78 Å². The molecule has 0 unspecified atom stereocenters. The van der Waals surface area contributed by atoms with E-state index < -0.39 is 10.0 Å². The van der Waals surface area contributed by atoms with Crippen molar-refractivity contribution in [2.24, 2.45) is 0 Å². The highest BCUT2D eigenvalue weighted by Gasteiger charge is 2.23. The number of nitrogens with zero attached hydrogens (tertiary/aromatic N) is 2. The number of benzene rings is 4. The maximum absolute atomic E-state index is 13.6. The molecule has 6 rings (SSSR count). The third-order valence-corrected chi connectivity index (χ3v) is 9.51. The van der Waals surface area contributed by atoms with Crippen molar-refractivity contribution in [3.05, 3.63) is 131 Å². The van der Waals surface area contributed by atoms with Crippen molar-refractivity contribution in [2.75, 3.05) is 30.3 Å². The minimum absolute atomic E-state index is 0.129. The second-order valence-electron chi connectivity index (χ2n) is 11.7. The summed E-state index contributed by atoms with van der Waals surface area (Å²) in [5, 5.41) is 1.23. The van der Waals surface area contributed by atoms with E-state index >= 15 is 0 Å². The van der Waals surface area contributed by atoms with Crippen LogP contribution in [0.25, 0.3) is 10.9 Å². The van der Waals surface area contributed by atoms with Crippen LogP contribution in [0.5, 0.6) is 5.75 Å². The van der Waals surface area contributed by atoms with E-state index in [0.717, 1.165) is 30.2 Å². The van der Waals surface area contributed by atoms with Crippen LogP contribution in [-0.2, 0) is 29.4 Å². The highest BCUT2D eigenvalue weighted by Crippen LogP contribution is 2.31. The van der Waals surface area contributed by atoms with Crippen molar-refractivity contribution in [1.29, 1.82) is 0 Å². The number of hydrogen-bond donors (Lipinski definition) is 1. The summed E-state index contributed by atoms with van der Waals surface area (Å²) >= 11 is 0. The van der Waals surface area contributed by atoms with Gasteiger partial charge in [0.1, 0.15) is 12.4 Å². The van der Waals surface area contributed by atoms with Crippen LogP contribution in [0, 0.1) is 0 Å². The van der Waals surface area contributed by atoms with E-state index in [0.29, 0.717) is 22.6 Å². The van der Waals surface area contributed by atoms with Gasteiger partial charge in [-0.25, -0.2) is 8.42 Å². The standard InChI is InChI=1S/C37H37N3O5S/c1-46(43,44)40(25-27-11-4-2-5-12-27)30-16-10-15-29(23-30)36(41)26-39(37(42)28-13-6-3-7-14-28)21-22-45-31-19-20-33-32-17-8-9-18-34(32)38-35(33)24-31/h2-7,10-16,19-20,23-24,38H,8-9,17-18,21-22,25-26H2,1H3. The molecule has 0 atom stereocenters. The van der Waals surface area contributed by atoms with Crippen LogP contribution < -0.4 is 9.04 Å². The molecular formula is C37H37N3O5S. The Bertz CT molecular complexity index is 1960. The Balaban J connectivity index is 1.19. The number of carbonyl (C=O) groups is 2. The van der Waals surface area contributed by atoms with Crippen molar-refractivity contribution in [1.82, 2.24) is 9.88 Å². The molecule has 0 radical (unpaired) electrons. The van der Waals surface area contributed by atoms with Gasteiger partial charge in [-0.15, -0.1) is 0 Å². The van der Waals surface area contributed by atoms with E-state index in [2.05, 4.69) is 11.1 Å². The van der Waals surface area contributed by atoms with Crippen LogP contribution in [0.2, 0.25) is 0 Å². The number of rotatable bonds is 12. The van der Waals surface area contributed by atoms with Gasteiger partial charge in [0.2, 0.25) is 10.0 Å². The molecule has 0 aliphatic heterocycles. The normalized spacial score (nSPS) is 12.8. The Hall–Kier alpha value is -4.89. The molecule has 0 saturated carbocycles. The highest BCUT2D eigenvalue weighted by atomic mass is 32.2. The summed E-state index contributed by atoms with van der Waals surface area (Å²) in [5.41, 5.74) is 5.73. The van der Waals surface area contributed by atoms with Gasteiger partial charge in [0, 0.05) is 33.8 Å². The van der Waals surface area contributed by atoms with Gasteiger partial charge in [-0.1, -0.05) is 60.7 Å². The lowest BCUT2D eigenvalue weighted by atomic mass is 9.96. The molecule has 1 N–H and O–H groups in total. The Morgan fingerprint density at radius 3 is 2.30 bits per heavy atom. The highest BCUT2D eigenvalue weighted by molar-refractivity contribution is 7.92. The summed E-state index contributed by atoms with van der Waals surface area (Å²) in [6, 6.07) is 30.7. The molecule has 1 amide bonds. The molecule has 1 aliphatic rings. The lowest BCUT2D eigenvalue weighted by Gasteiger charge is -2.24. The number of carbonyl (C=O) groups excluding carboxylic acids is 2. The van der Waals surface area contributed by atoms with Crippen LogP contribution in [0.3, 0.4) is 0 Å². The summed E-state index contributed by atoms with van der Waals surface area (Å²) in [7, 11) is -3.65. The first-order valence-electron chi connectivity index (χ1n) is 15.5. The molecule has 8 nitrogen and oxygen atoms in total. The van der Waals surface area contributed by atoms with Gasteiger partial charge < -0.3 is 14.6 Å². The van der Waals surface area contributed by atoms with Crippen LogP contribution in [0.4, 0.5) is 5.69 Å². The fourth-order valence-corrected chi connectivity index (χ4v) is 6.90. The van der Waals surface area contributed by atoms with Crippen molar-refractivity contribution < 1.29 is 22.7 Å². The quantitative estimate of drug-likeness (QED) is 0.160. The SMILES string of the molecule is CS(=O)(=O)N(Cc1ccccc1)c1cccc(C(=O)CN(CCOc2ccc3c4c([nH]c3c2)CCCC4)C(=O)c2ccccc2)c1. The van der Waals surface area contributed by atoms with Gasteiger partial charge in [0.25, 0.3) is 5.91 Å². The first-order valence-corrected chi connectivity index (χ1v) is 17.4. The smallest absolute Gasteiger partial charge is 0.254 e. The molecule has 0 saturated heterocycles. The summed E-state index contributed by atoms with van der Waals surface area (Å²) in [5.74, 6) is 0.0947. The second-order valence-corrected chi connectivity index (χ2v) is 13.6. The lowest BCUT2D eigenvalue weighted by Crippen LogP contribution is -2.38. The van der Waals surface area contributed by atoms with E-state index in [1.54, 1.807) is 48.5 Å². The van der Waals surface area contributed by atoms with Gasteiger partial charge in [-0.05, 0) is 73.2 Å². The van der Waals surface area contributed by atoms with Crippen LogP contribution in [0.15, 0.2) is 103 Å². The van der Waals surface area contributed by atoms with Gasteiger partial charge in [-0.2, -0.15) is 0 Å². The molecule has 46 heavy (non-hydrogen) atoms. The zero-order chi connectivity index (χ0) is 32.1. The molecule has 0 spiro atoms. The van der Waals surface area contributed by atoms with Crippen LogP contribution >= 0.6 is 0 Å². The first-order chi connectivity index (χ1) is 22.3. The summed E-state index contributed by atoms with van der Waals surface area (Å²) < 4.78 is 32.9. The number of Topliss-reactive ketones (excluding diaryl/α,β-unsaturated/α-hetero) is 1. The number of aryl methyl sites for hydroxylation is 2. The number of aromatic nitrogens is 1. The number of nitrogens with one attached hydrogen (secondary N) is 1. The molecule has 0 bridgehead atoms. The van der Waals surface area contributed by atoms with E-state index in [-0.39, 0.29) is 37.9 Å². The lowest BCUT2D eigenvalue weighted by molar-refractivity contribution is 0.0686. The maximum Gasteiger partial charge on any atom is 0.254 e. The molecule has 4 aromatic carbocycles. The number of aromatic amines is 1. The fourth-order valence-electron chi connectivity index (χ4n) is 6.02. The van der Waals surface area contributed by atoms with Crippen LogP contribution in [-0.4, -0.2) is 55.9 Å². The van der Waals surface area contributed by atoms with Crippen molar-refractivity contribution in [2.45, 2.75) is 32.2 Å².